The Kier molecular flexibility index (Phi) is 6.02. The van der Waals surface area contributed by atoms with Crippen molar-refractivity contribution in [2.75, 3.05) is 0 Å². The second-order valence-electron chi connectivity index (χ2n) is 8.07. The molecule has 0 spiro atoms. The molecule has 0 aliphatic rings. The number of benzene rings is 2. The number of nitrogens with zero attached hydrogens (tertiary/aromatic N) is 3. The molecule has 4 aromatic rings. The molecule has 2 aromatic carbocycles. The Morgan fingerprint density at radius 2 is 1.97 bits per heavy atom. The number of carboxylic acids is 1. The summed E-state index contributed by atoms with van der Waals surface area (Å²) >= 11 is 0. The van der Waals surface area contributed by atoms with Gasteiger partial charge in [0, 0.05) is 30.1 Å². The predicted octanol–water partition coefficient (Wildman–Crippen LogP) is 4.87. The van der Waals surface area contributed by atoms with Crippen LogP contribution in [0.25, 0.3) is 10.9 Å². The van der Waals surface area contributed by atoms with Crippen LogP contribution in [-0.4, -0.2) is 26.0 Å². The normalized spacial score (nSPS) is 12.4. The summed E-state index contributed by atoms with van der Waals surface area (Å²) in [4.78, 5) is 11.3. The second kappa shape index (κ2) is 9.04. The van der Waals surface area contributed by atoms with E-state index < -0.39 is 5.97 Å². The third-order valence-electron chi connectivity index (χ3n) is 5.05. The van der Waals surface area contributed by atoms with Crippen molar-refractivity contribution in [1.82, 2.24) is 14.9 Å². The van der Waals surface area contributed by atoms with E-state index >= 15 is 0 Å². The van der Waals surface area contributed by atoms with E-state index in [1.165, 1.54) is 6.26 Å². The zero-order chi connectivity index (χ0) is 21.8. The van der Waals surface area contributed by atoms with Crippen LogP contribution in [0, 0.1) is 5.92 Å². The molecular formula is C24H25N3O4. The zero-order valence-electron chi connectivity index (χ0n) is 17.6. The van der Waals surface area contributed by atoms with Crippen LogP contribution in [0.1, 0.15) is 43.0 Å². The largest absolute Gasteiger partial charge is 0.489 e. The number of aliphatic carboxylic acids is 1. The van der Waals surface area contributed by atoms with Crippen LogP contribution >= 0.6 is 0 Å². The lowest BCUT2D eigenvalue weighted by Crippen LogP contribution is -2.08. The fourth-order valence-electron chi connectivity index (χ4n) is 3.60. The van der Waals surface area contributed by atoms with Crippen molar-refractivity contribution in [3.05, 3.63) is 77.8 Å². The van der Waals surface area contributed by atoms with Crippen molar-refractivity contribution in [3.63, 3.8) is 0 Å². The lowest BCUT2D eigenvalue weighted by Gasteiger charge is -2.13. The molecule has 2 heterocycles. The van der Waals surface area contributed by atoms with Gasteiger partial charge in [-0.15, -0.1) is 0 Å². The van der Waals surface area contributed by atoms with E-state index in [0.29, 0.717) is 24.0 Å². The van der Waals surface area contributed by atoms with Gasteiger partial charge in [-0.2, -0.15) is 5.10 Å². The number of hydrogen-bond donors (Lipinski definition) is 1. The lowest BCUT2D eigenvalue weighted by molar-refractivity contribution is -0.137. The average Bonchev–Trinajstić information content (AvgIpc) is 3.39. The molecule has 7 heteroatoms. The molecule has 0 aliphatic carbocycles. The first-order valence-corrected chi connectivity index (χ1v) is 10.3. The Morgan fingerprint density at radius 3 is 2.65 bits per heavy atom. The van der Waals surface area contributed by atoms with Gasteiger partial charge in [-0.05, 0) is 35.2 Å². The number of rotatable bonds is 9. The molecule has 0 saturated carbocycles. The van der Waals surface area contributed by atoms with Gasteiger partial charge in [0.15, 0.2) is 0 Å². The first-order chi connectivity index (χ1) is 15.0. The van der Waals surface area contributed by atoms with Crippen molar-refractivity contribution in [2.45, 2.75) is 39.3 Å². The summed E-state index contributed by atoms with van der Waals surface area (Å²) in [5.74, 6) is -0.00361. The number of carboxylic acid groups (broad SMARTS) is 1. The molecule has 1 N–H and O–H groups in total. The van der Waals surface area contributed by atoms with E-state index in [1.807, 2.05) is 41.1 Å². The van der Waals surface area contributed by atoms with Crippen molar-refractivity contribution in [3.8, 4) is 5.75 Å². The lowest BCUT2D eigenvalue weighted by atomic mass is 9.92. The summed E-state index contributed by atoms with van der Waals surface area (Å²) < 4.78 is 12.8. The highest BCUT2D eigenvalue weighted by molar-refractivity contribution is 5.78. The van der Waals surface area contributed by atoms with Gasteiger partial charge in [-0.1, -0.05) is 43.3 Å². The molecule has 0 aliphatic heterocycles. The Morgan fingerprint density at radius 1 is 1.16 bits per heavy atom. The molecule has 0 bridgehead atoms. The smallest absolute Gasteiger partial charge is 0.304 e. The Balaban J connectivity index is 1.43. The maximum atomic E-state index is 11.3. The minimum absolute atomic E-state index is 0.0593. The fraction of sp³-hybridized carbons (Fsp3) is 0.292. The maximum Gasteiger partial charge on any atom is 0.304 e. The molecule has 7 nitrogen and oxygen atoms in total. The second-order valence-corrected chi connectivity index (χ2v) is 8.07. The zero-order valence-corrected chi connectivity index (χ0v) is 17.6. The van der Waals surface area contributed by atoms with Crippen LogP contribution < -0.4 is 4.74 Å². The number of fused-ring (bicyclic) bond motifs is 1. The first kappa shape index (κ1) is 20.7. The van der Waals surface area contributed by atoms with Gasteiger partial charge >= 0.3 is 5.97 Å². The van der Waals surface area contributed by atoms with E-state index in [1.54, 1.807) is 6.07 Å². The number of carbonyl (C=O) groups is 1. The standard InChI is InChI=1S/C24H25N3O4/c1-16(2)13-27-14-19-4-3-17(11-23(19)25-27)15-30-20-7-5-18(6-8-20)21(12-24(28)29)22-9-10-31-26-22/h3-11,14,16,21H,12-13,15H2,1-2H3,(H,28,29). The highest BCUT2D eigenvalue weighted by Gasteiger charge is 2.20. The Hall–Kier alpha value is -3.61. The minimum atomic E-state index is -0.889. The number of ether oxygens (including phenoxy) is 1. The molecule has 2 aromatic heterocycles. The molecule has 1 atom stereocenters. The predicted molar refractivity (Wildman–Crippen MR) is 116 cm³/mol. The monoisotopic (exact) mass is 419 g/mol. The van der Waals surface area contributed by atoms with Gasteiger partial charge in [0.25, 0.3) is 0 Å². The molecule has 4 rings (SSSR count). The highest BCUT2D eigenvalue weighted by Crippen LogP contribution is 2.28. The number of hydrogen-bond acceptors (Lipinski definition) is 5. The molecule has 0 amide bonds. The van der Waals surface area contributed by atoms with Crippen LogP contribution in [0.15, 0.2) is 65.5 Å². The minimum Gasteiger partial charge on any atom is -0.489 e. The van der Waals surface area contributed by atoms with Crippen molar-refractivity contribution >= 4 is 16.9 Å². The highest BCUT2D eigenvalue weighted by atomic mass is 16.5. The van der Waals surface area contributed by atoms with Gasteiger partial charge < -0.3 is 14.4 Å². The van der Waals surface area contributed by atoms with Gasteiger partial charge in [0.2, 0.25) is 0 Å². The van der Waals surface area contributed by atoms with Crippen molar-refractivity contribution < 1.29 is 19.2 Å². The summed E-state index contributed by atoms with van der Waals surface area (Å²) in [6.07, 6.45) is 3.46. The van der Waals surface area contributed by atoms with Gasteiger partial charge in [-0.3, -0.25) is 9.48 Å². The Bertz CT molecular complexity index is 1150. The Labute approximate surface area is 180 Å². The quantitative estimate of drug-likeness (QED) is 0.416. The van der Waals surface area contributed by atoms with E-state index in [-0.39, 0.29) is 12.3 Å². The van der Waals surface area contributed by atoms with Gasteiger partial charge in [0.1, 0.15) is 18.6 Å². The molecule has 160 valence electrons. The third kappa shape index (κ3) is 5.12. The summed E-state index contributed by atoms with van der Waals surface area (Å²) in [6.45, 7) is 5.66. The molecule has 0 fully saturated rings. The topological polar surface area (TPSA) is 90.4 Å². The van der Waals surface area contributed by atoms with Crippen LogP contribution in [0.4, 0.5) is 0 Å². The van der Waals surface area contributed by atoms with E-state index in [4.69, 9.17) is 9.26 Å². The fourth-order valence-corrected chi connectivity index (χ4v) is 3.60. The van der Waals surface area contributed by atoms with Crippen LogP contribution in [0.2, 0.25) is 0 Å². The number of aromatic nitrogens is 3. The van der Waals surface area contributed by atoms with Crippen LogP contribution in [0.5, 0.6) is 5.75 Å². The van der Waals surface area contributed by atoms with Crippen molar-refractivity contribution in [2.24, 2.45) is 5.92 Å². The SMILES string of the molecule is CC(C)Cn1cc2ccc(COc3ccc(C(CC(=O)O)c4ccon4)cc3)cc2n1. The van der Waals surface area contributed by atoms with E-state index in [0.717, 1.165) is 28.6 Å². The first-order valence-electron chi connectivity index (χ1n) is 10.3. The summed E-state index contributed by atoms with van der Waals surface area (Å²) in [6, 6.07) is 15.3. The third-order valence-corrected chi connectivity index (χ3v) is 5.05. The van der Waals surface area contributed by atoms with Crippen LogP contribution in [-0.2, 0) is 17.9 Å². The summed E-state index contributed by atoms with van der Waals surface area (Å²) in [5, 5.41) is 18.9. The van der Waals surface area contributed by atoms with Gasteiger partial charge in [-0.25, -0.2) is 0 Å². The van der Waals surface area contributed by atoms with E-state index in [2.05, 4.69) is 36.4 Å². The molecule has 0 radical (unpaired) electrons. The van der Waals surface area contributed by atoms with Gasteiger partial charge in [0.05, 0.1) is 17.6 Å². The molecular weight excluding hydrogens is 394 g/mol. The molecule has 31 heavy (non-hydrogen) atoms. The maximum absolute atomic E-state index is 11.3. The molecule has 0 saturated heterocycles. The summed E-state index contributed by atoms with van der Waals surface area (Å²) in [5.41, 5.74) is 3.45. The van der Waals surface area contributed by atoms with E-state index in [9.17, 15) is 9.90 Å². The summed E-state index contributed by atoms with van der Waals surface area (Å²) in [7, 11) is 0. The van der Waals surface area contributed by atoms with Crippen LogP contribution in [0.3, 0.4) is 0 Å². The van der Waals surface area contributed by atoms with Crippen molar-refractivity contribution in [1.29, 1.82) is 0 Å². The molecule has 1 unspecified atom stereocenters. The average molecular weight is 419 g/mol.